The molecule has 6 heteroatoms. The van der Waals surface area contributed by atoms with Crippen molar-refractivity contribution in [3.63, 3.8) is 0 Å². The maximum absolute atomic E-state index is 11.7. The summed E-state index contributed by atoms with van der Waals surface area (Å²) in [6.07, 6.45) is 0. The van der Waals surface area contributed by atoms with Gasteiger partial charge in [0, 0.05) is 5.69 Å². The third kappa shape index (κ3) is 4.04. The van der Waals surface area contributed by atoms with Crippen LogP contribution in [0.3, 0.4) is 0 Å². The molecule has 1 rings (SSSR count). The fourth-order valence-electron chi connectivity index (χ4n) is 1.44. The van der Waals surface area contributed by atoms with Crippen molar-refractivity contribution in [1.29, 1.82) is 0 Å². The van der Waals surface area contributed by atoms with Crippen LogP contribution >= 0.6 is 0 Å². The fraction of sp³-hybridized carbons (Fsp3) is 0.462. The molecule has 1 amide bonds. The summed E-state index contributed by atoms with van der Waals surface area (Å²) in [6.45, 7) is 5.31. The largest absolute Gasteiger partial charge is 0.325 e. The summed E-state index contributed by atoms with van der Waals surface area (Å²) in [5, 5.41) is 2.66. The lowest BCUT2D eigenvalue weighted by atomic mass is 10.1. The van der Waals surface area contributed by atoms with Crippen molar-refractivity contribution in [3.05, 3.63) is 24.3 Å². The Hall–Kier alpha value is -1.40. The van der Waals surface area contributed by atoms with E-state index in [1.165, 1.54) is 12.1 Å². The van der Waals surface area contributed by atoms with Crippen molar-refractivity contribution >= 4 is 21.4 Å². The second kappa shape index (κ2) is 6.16. The van der Waals surface area contributed by atoms with Crippen LogP contribution in [0, 0.1) is 5.92 Å². The molecule has 5 nitrogen and oxygen atoms in total. The third-order valence-electron chi connectivity index (χ3n) is 2.88. The molecule has 0 aliphatic carbocycles. The number of benzene rings is 1. The van der Waals surface area contributed by atoms with Crippen LogP contribution in [0.5, 0.6) is 0 Å². The lowest BCUT2D eigenvalue weighted by molar-refractivity contribution is -0.118. The molecule has 0 heterocycles. The second-order valence-electron chi connectivity index (χ2n) is 4.69. The smallest absolute Gasteiger partial charge is 0.241 e. The Morgan fingerprint density at radius 2 is 1.79 bits per heavy atom. The highest BCUT2D eigenvalue weighted by atomic mass is 32.2. The normalized spacial score (nSPS) is 13.3. The third-order valence-corrected chi connectivity index (χ3v) is 4.63. The van der Waals surface area contributed by atoms with Crippen LogP contribution in [0.2, 0.25) is 0 Å². The van der Waals surface area contributed by atoms with Gasteiger partial charge in [-0.2, -0.15) is 0 Å². The molecule has 1 atom stereocenters. The van der Waals surface area contributed by atoms with Gasteiger partial charge in [-0.05, 0) is 30.2 Å². The number of carbonyl (C=O) groups is 1. The molecule has 19 heavy (non-hydrogen) atoms. The predicted octanol–water partition coefficient (Wildman–Crippen LogP) is 1.40. The molecule has 0 unspecified atom stereocenters. The Bertz CT molecular complexity index is 536. The zero-order chi connectivity index (χ0) is 14.6. The van der Waals surface area contributed by atoms with E-state index in [0.717, 1.165) is 0 Å². The van der Waals surface area contributed by atoms with Gasteiger partial charge in [-0.15, -0.1) is 0 Å². The lowest BCUT2D eigenvalue weighted by Crippen LogP contribution is -2.39. The van der Waals surface area contributed by atoms with E-state index in [9.17, 15) is 13.2 Å². The number of carbonyl (C=O) groups excluding carboxylic acids is 1. The van der Waals surface area contributed by atoms with Crippen molar-refractivity contribution < 1.29 is 13.2 Å². The first-order valence-electron chi connectivity index (χ1n) is 6.17. The molecular weight excluding hydrogens is 264 g/mol. The molecule has 0 bridgehead atoms. The Morgan fingerprint density at radius 3 is 2.21 bits per heavy atom. The fourth-order valence-corrected chi connectivity index (χ4v) is 2.32. The van der Waals surface area contributed by atoms with E-state index in [1.54, 1.807) is 19.1 Å². The number of amides is 1. The first-order valence-corrected chi connectivity index (χ1v) is 7.82. The Kier molecular flexibility index (Phi) is 5.08. The predicted molar refractivity (Wildman–Crippen MR) is 75.6 cm³/mol. The Morgan fingerprint density at radius 1 is 1.26 bits per heavy atom. The highest BCUT2D eigenvalue weighted by molar-refractivity contribution is 7.91. The molecule has 0 aromatic heterocycles. The summed E-state index contributed by atoms with van der Waals surface area (Å²) in [5.74, 6) is -0.183. The van der Waals surface area contributed by atoms with E-state index in [-0.39, 0.29) is 22.5 Å². The van der Waals surface area contributed by atoms with Crippen molar-refractivity contribution in [3.8, 4) is 0 Å². The van der Waals surface area contributed by atoms with Crippen LogP contribution < -0.4 is 11.1 Å². The van der Waals surface area contributed by atoms with E-state index in [1.807, 2.05) is 13.8 Å². The molecule has 0 saturated carbocycles. The number of hydrogen-bond acceptors (Lipinski definition) is 4. The van der Waals surface area contributed by atoms with Gasteiger partial charge < -0.3 is 11.1 Å². The van der Waals surface area contributed by atoms with Gasteiger partial charge in [0.05, 0.1) is 16.7 Å². The van der Waals surface area contributed by atoms with Crippen LogP contribution in [0.15, 0.2) is 29.2 Å². The van der Waals surface area contributed by atoms with E-state index in [0.29, 0.717) is 5.69 Å². The van der Waals surface area contributed by atoms with Gasteiger partial charge in [0.25, 0.3) is 0 Å². The molecule has 1 aromatic carbocycles. The maximum Gasteiger partial charge on any atom is 0.241 e. The molecule has 3 N–H and O–H groups in total. The van der Waals surface area contributed by atoms with E-state index in [4.69, 9.17) is 5.73 Å². The SMILES string of the molecule is CCS(=O)(=O)c1ccc(NC(=O)[C@H](N)C(C)C)cc1. The minimum atomic E-state index is -3.21. The zero-order valence-corrected chi connectivity index (χ0v) is 12.2. The van der Waals surface area contributed by atoms with Crippen molar-refractivity contribution in [2.75, 3.05) is 11.1 Å². The monoisotopic (exact) mass is 284 g/mol. The van der Waals surface area contributed by atoms with Gasteiger partial charge in [-0.1, -0.05) is 20.8 Å². The summed E-state index contributed by atoms with van der Waals surface area (Å²) in [5.41, 5.74) is 6.26. The molecular formula is C13H20N2O3S. The van der Waals surface area contributed by atoms with E-state index in [2.05, 4.69) is 5.32 Å². The topological polar surface area (TPSA) is 89.3 Å². The van der Waals surface area contributed by atoms with Crippen molar-refractivity contribution in [2.24, 2.45) is 11.7 Å². The minimum Gasteiger partial charge on any atom is -0.325 e. The number of nitrogens with two attached hydrogens (primary N) is 1. The molecule has 0 aliphatic heterocycles. The number of hydrogen-bond donors (Lipinski definition) is 2. The van der Waals surface area contributed by atoms with Gasteiger partial charge in [0.1, 0.15) is 0 Å². The summed E-state index contributed by atoms with van der Waals surface area (Å²) in [7, 11) is -3.21. The average Bonchev–Trinajstić information content (AvgIpc) is 2.38. The highest BCUT2D eigenvalue weighted by Crippen LogP contribution is 2.15. The molecule has 106 valence electrons. The summed E-state index contributed by atoms with van der Waals surface area (Å²) >= 11 is 0. The van der Waals surface area contributed by atoms with E-state index >= 15 is 0 Å². The van der Waals surface area contributed by atoms with Crippen LogP contribution in [0.1, 0.15) is 20.8 Å². The highest BCUT2D eigenvalue weighted by Gasteiger charge is 2.17. The quantitative estimate of drug-likeness (QED) is 0.855. The summed E-state index contributed by atoms with van der Waals surface area (Å²) in [6, 6.07) is 5.50. The van der Waals surface area contributed by atoms with Crippen molar-refractivity contribution in [2.45, 2.75) is 31.7 Å². The molecule has 0 fully saturated rings. The molecule has 0 saturated heterocycles. The first-order chi connectivity index (χ1) is 8.77. The van der Waals surface area contributed by atoms with Gasteiger partial charge in [0.2, 0.25) is 5.91 Å². The molecule has 0 aliphatic rings. The van der Waals surface area contributed by atoms with Crippen LogP contribution in [-0.2, 0) is 14.6 Å². The van der Waals surface area contributed by atoms with Gasteiger partial charge in [-0.3, -0.25) is 4.79 Å². The lowest BCUT2D eigenvalue weighted by Gasteiger charge is -2.15. The summed E-state index contributed by atoms with van der Waals surface area (Å²) < 4.78 is 23.2. The molecule has 0 spiro atoms. The number of anilines is 1. The van der Waals surface area contributed by atoms with Crippen molar-refractivity contribution in [1.82, 2.24) is 0 Å². The van der Waals surface area contributed by atoms with Crippen LogP contribution in [-0.4, -0.2) is 26.1 Å². The standard InChI is InChI=1S/C13H20N2O3S/c1-4-19(17,18)11-7-5-10(6-8-11)15-13(16)12(14)9(2)3/h5-9,12H,4,14H2,1-3H3,(H,15,16)/t12-/m1/s1. The van der Waals surface area contributed by atoms with Gasteiger partial charge in [0.15, 0.2) is 9.84 Å². The minimum absolute atomic E-state index is 0.0414. The maximum atomic E-state index is 11.7. The molecule has 0 radical (unpaired) electrons. The number of nitrogens with one attached hydrogen (secondary N) is 1. The first kappa shape index (κ1) is 15.7. The average molecular weight is 284 g/mol. The van der Waals surface area contributed by atoms with Gasteiger partial charge in [-0.25, -0.2) is 8.42 Å². The Labute approximate surface area is 114 Å². The summed E-state index contributed by atoms with van der Waals surface area (Å²) in [4.78, 5) is 12.0. The van der Waals surface area contributed by atoms with Crippen LogP contribution in [0.25, 0.3) is 0 Å². The van der Waals surface area contributed by atoms with Gasteiger partial charge >= 0.3 is 0 Å². The zero-order valence-electron chi connectivity index (χ0n) is 11.4. The van der Waals surface area contributed by atoms with Crippen LogP contribution in [0.4, 0.5) is 5.69 Å². The molecule has 1 aromatic rings. The van der Waals surface area contributed by atoms with E-state index < -0.39 is 15.9 Å². The Balaban J connectivity index is 2.81. The number of rotatable bonds is 5. The second-order valence-corrected chi connectivity index (χ2v) is 6.97. The number of sulfone groups is 1.